The van der Waals surface area contributed by atoms with Crippen molar-refractivity contribution in [3.63, 3.8) is 0 Å². The Hall–Kier alpha value is -2.34. The smallest absolute Gasteiger partial charge is 0.264 e. The minimum absolute atomic E-state index is 0.287. The first-order chi connectivity index (χ1) is 11.3. The number of anilines is 1. The molecular formula is C18H21N3O2S. The van der Waals surface area contributed by atoms with Gasteiger partial charge in [0.2, 0.25) is 0 Å². The van der Waals surface area contributed by atoms with Crippen LogP contribution in [0.25, 0.3) is 11.0 Å². The van der Waals surface area contributed by atoms with Crippen molar-refractivity contribution in [2.45, 2.75) is 31.6 Å². The second-order valence-electron chi connectivity index (χ2n) is 6.22. The van der Waals surface area contributed by atoms with E-state index in [0.717, 1.165) is 22.4 Å². The molecule has 0 spiro atoms. The zero-order valence-electron chi connectivity index (χ0n) is 14.2. The maximum absolute atomic E-state index is 12.9. The van der Waals surface area contributed by atoms with Crippen molar-refractivity contribution in [2.75, 3.05) is 11.4 Å². The lowest BCUT2D eigenvalue weighted by molar-refractivity contribution is 0.594. The third-order valence-corrected chi connectivity index (χ3v) is 5.95. The van der Waals surface area contributed by atoms with E-state index in [9.17, 15) is 8.42 Å². The van der Waals surface area contributed by atoms with Crippen LogP contribution in [-0.4, -0.2) is 25.4 Å². The zero-order chi connectivity index (χ0) is 17.5. The highest BCUT2D eigenvalue weighted by molar-refractivity contribution is 7.92. The summed E-state index contributed by atoms with van der Waals surface area (Å²) in [7, 11) is -2.03. The summed E-state index contributed by atoms with van der Waals surface area (Å²) in [4.78, 5) is 7.76. The molecule has 2 aromatic carbocycles. The summed E-state index contributed by atoms with van der Waals surface area (Å²) in [5.41, 5.74) is 3.36. The second-order valence-corrected chi connectivity index (χ2v) is 8.19. The molecular weight excluding hydrogens is 322 g/mol. The topological polar surface area (TPSA) is 66.1 Å². The minimum atomic E-state index is -3.60. The van der Waals surface area contributed by atoms with Gasteiger partial charge in [0, 0.05) is 7.05 Å². The van der Waals surface area contributed by atoms with Crippen LogP contribution in [0.2, 0.25) is 0 Å². The molecule has 1 heterocycles. The van der Waals surface area contributed by atoms with E-state index in [0.29, 0.717) is 11.6 Å². The number of nitrogens with zero attached hydrogens (tertiary/aromatic N) is 2. The van der Waals surface area contributed by atoms with Gasteiger partial charge >= 0.3 is 0 Å². The summed E-state index contributed by atoms with van der Waals surface area (Å²) in [6.45, 7) is 6.03. The second kappa shape index (κ2) is 5.94. The van der Waals surface area contributed by atoms with Crippen molar-refractivity contribution in [1.29, 1.82) is 0 Å². The normalized spacial score (nSPS) is 12.0. The van der Waals surface area contributed by atoms with Crippen LogP contribution in [-0.2, 0) is 10.0 Å². The highest BCUT2D eigenvalue weighted by Gasteiger charge is 2.21. The molecule has 0 atom stereocenters. The molecule has 1 aromatic heterocycles. The van der Waals surface area contributed by atoms with Crippen LogP contribution in [0.5, 0.6) is 0 Å². The summed E-state index contributed by atoms with van der Waals surface area (Å²) < 4.78 is 27.0. The molecule has 0 unspecified atom stereocenters. The van der Waals surface area contributed by atoms with Gasteiger partial charge in [-0.05, 0) is 48.7 Å². The number of aromatic amines is 1. The van der Waals surface area contributed by atoms with Gasteiger partial charge in [0.25, 0.3) is 10.0 Å². The van der Waals surface area contributed by atoms with E-state index in [1.54, 1.807) is 31.3 Å². The molecule has 3 rings (SSSR count). The molecule has 0 fully saturated rings. The monoisotopic (exact) mass is 343 g/mol. The first kappa shape index (κ1) is 16.5. The van der Waals surface area contributed by atoms with Gasteiger partial charge < -0.3 is 4.98 Å². The molecule has 0 aliphatic heterocycles. The molecule has 0 radical (unpaired) electrons. The maximum atomic E-state index is 12.9. The largest absolute Gasteiger partial charge is 0.342 e. The fourth-order valence-electron chi connectivity index (χ4n) is 2.64. The molecule has 0 amide bonds. The van der Waals surface area contributed by atoms with Gasteiger partial charge in [-0.15, -0.1) is 0 Å². The Morgan fingerprint density at radius 1 is 1.08 bits per heavy atom. The molecule has 0 bridgehead atoms. The van der Waals surface area contributed by atoms with Crippen molar-refractivity contribution < 1.29 is 8.42 Å². The Morgan fingerprint density at radius 2 is 1.75 bits per heavy atom. The van der Waals surface area contributed by atoms with Crippen LogP contribution >= 0.6 is 0 Å². The molecule has 0 saturated carbocycles. The maximum Gasteiger partial charge on any atom is 0.264 e. The lowest BCUT2D eigenvalue weighted by Gasteiger charge is -2.20. The van der Waals surface area contributed by atoms with E-state index in [2.05, 4.69) is 23.8 Å². The third kappa shape index (κ3) is 2.89. The van der Waals surface area contributed by atoms with Gasteiger partial charge in [0.15, 0.2) is 0 Å². The first-order valence-electron chi connectivity index (χ1n) is 7.84. The summed E-state index contributed by atoms with van der Waals surface area (Å²) in [5, 5.41) is 0. The molecule has 0 aliphatic rings. The number of aryl methyl sites for hydroxylation is 1. The molecule has 24 heavy (non-hydrogen) atoms. The number of hydrogen-bond donors (Lipinski definition) is 1. The number of imidazole rings is 1. The number of nitrogens with one attached hydrogen (secondary N) is 1. The fraction of sp³-hybridized carbons (Fsp3) is 0.278. The van der Waals surface area contributed by atoms with Gasteiger partial charge in [-0.1, -0.05) is 26.0 Å². The summed E-state index contributed by atoms with van der Waals surface area (Å²) in [5.74, 6) is 1.17. The van der Waals surface area contributed by atoms with Crippen molar-refractivity contribution in [3.8, 4) is 0 Å². The SMILES string of the molecule is Cc1nc2ccc(N(C)S(=O)(=O)c3ccc(C(C)C)cc3)cc2[nH]1. The Morgan fingerprint density at radius 3 is 2.38 bits per heavy atom. The molecule has 6 heteroatoms. The van der Waals surface area contributed by atoms with Gasteiger partial charge in [-0.2, -0.15) is 0 Å². The average molecular weight is 343 g/mol. The quantitative estimate of drug-likeness (QED) is 0.783. The van der Waals surface area contributed by atoms with E-state index in [1.807, 2.05) is 25.1 Å². The van der Waals surface area contributed by atoms with Crippen LogP contribution < -0.4 is 4.31 Å². The molecule has 1 N–H and O–H groups in total. The lowest BCUT2D eigenvalue weighted by atomic mass is 10.0. The van der Waals surface area contributed by atoms with Gasteiger partial charge in [0.05, 0.1) is 21.6 Å². The molecule has 5 nitrogen and oxygen atoms in total. The molecule has 0 aliphatic carbocycles. The van der Waals surface area contributed by atoms with Crippen LogP contribution in [0.1, 0.15) is 31.2 Å². The summed E-state index contributed by atoms with van der Waals surface area (Å²) >= 11 is 0. The summed E-state index contributed by atoms with van der Waals surface area (Å²) in [6.07, 6.45) is 0. The fourth-order valence-corrected chi connectivity index (χ4v) is 3.83. The van der Waals surface area contributed by atoms with Crippen LogP contribution in [0.15, 0.2) is 47.4 Å². The number of rotatable bonds is 4. The Balaban J connectivity index is 1.97. The predicted molar refractivity (Wildman–Crippen MR) is 97.0 cm³/mol. The highest BCUT2D eigenvalue weighted by atomic mass is 32.2. The summed E-state index contributed by atoms with van der Waals surface area (Å²) in [6, 6.07) is 12.5. The standard InChI is InChI=1S/C18H21N3O2S/c1-12(2)14-5-8-16(9-6-14)24(22,23)21(4)15-7-10-17-18(11-15)20-13(3)19-17/h5-12H,1-4H3,(H,19,20). The number of benzene rings is 2. The van der Waals surface area contributed by atoms with E-state index in [1.165, 1.54) is 4.31 Å². The third-order valence-electron chi connectivity index (χ3n) is 4.15. The van der Waals surface area contributed by atoms with Crippen molar-refractivity contribution in [1.82, 2.24) is 9.97 Å². The first-order valence-corrected chi connectivity index (χ1v) is 9.28. The number of fused-ring (bicyclic) bond motifs is 1. The Labute approximate surface area is 142 Å². The van der Waals surface area contributed by atoms with Gasteiger partial charge in [-0.25, -0.2) is 13.4 Å². The van der Waals surface area contributed by atoms with E-state index >= 15 is 0 Å². The van der Waals surface area contributed by atoms with Crippen molar-refractivity contribution >= 4 is 26.7 Å². The Kier molecular flexibility index (Phi) is 4.09. The number of sulfonamides is 1. The Bertz CT molecular complexity index is 973. The van der Waals surface area contributed by atoms with Crippen LogP contribution in [0, 0.1) is 6.92 Å². The van der Waals surface area contributed by atoms with Gasteiger partial charge in [0.1, 0.15) is 5.82 Å². The molecule has 0 saturated heterocycles. The lowest BCUT2D eigenvalue weighted by Crippen LogP contribution is -2.26. The van der Waals surface area contributed by atoms with Crippen LogP contribution in [0.3, 0.4) is 0 Å². The number of hydrogen-bond acceptors (Lipinski definition) is 3. The molecule has 126 valence electrons. The highest BCUT2D eigenvalue weighted by Crippen LogP contribution is 2.26. The van der Waals surface area contributed by atoms with Crippen molar-refractivity contribution in [2.24, 2.45) is 0 Å². The predicted octanol–water partition coefficient (Wildman–Crippen LogP) is 3.82. The van der Waals surface area contributed by atoms with E-state index < -0.39 is 10.0 Å². The zero-order valence-corrected chi connectivity index (χ0v) is 15.1. The number of H-pyrrole nitrogens is 1. The van der Waals surface area contributed by atoms with Crippen molar-refractivity contribution in [3.05, 3.63) is 53.9 Å². The van der Waals surface area contributed by atoms with Gasteiger partial charge in [-0.3, -0.25) is 4.31 Å². The van der Waals surface area contributed by atoms with E-state index in [4.69, 9.17) is 0 Å². The average Bonchev–Trinajstić information content (AvgIpc) is 2.93. The molecule has 3 aromatic rings. The number of aromatic nitrogens is 2. The minimum Gasteiger partial charge on any atom is -0.342 e. The van der Waals surface area contributed by atoms with Crippen LogP contribution in [0.4, 0.5) is 5.69 Å². The van der Waals surface area contributed by atoms with E-state index in [-0.39, 0.29) is 4.90 Å².